The number of thioether (sulfide) groups is 1. The van der Waals surface area contributed by atoms with Crippen LogP contribution in [0.3, 0.4) is 0 Å². The SMILES string of the molecule is C/C=C\SC(=C\C)/C(=C\CCC)/C=C(/OC(C)COC)c1cc(NC(=O)C(C)OC)ccc1C. The lowest BCUT2D eigenvalue weighted by Gasteiger charge is -2.20. The van der Waals surface area contributed by atoms with Crippen molar-refractivity contribution in [3.8, 4) is 0 Å². The van der Waals surface area contributed by atoms with Crippen LogP contribution in [-0.4, -0.2) is 38.9 Å². The molecule has 0 fully saturated rings. The molecule has 0 saturated carbocycles. The third-order valence-corrected chi connectivity index (χ3v) is 6.17. The fraction of sp³-hybridized carbons (Fsp3) is 0.464. The topological polar surface area (TPSA) is 56.8 Å². The zero-order valence-electron chi connectivity index (χ0n) is 21.9. The summed E-state index contributed by atoms with van der Waals surface area (Å²) < 4.78 is 16.9. The zero-order valence-corrected chi connectivity index (χ0v) is 22.8. The van der Waals surface area contributed by atoms with Gasteiger partial charge in [0, 0.05) is 30.4 Å². The molecule has 0 heterocycles. The van der Waals surface area contributed by atoms with Crippen LogP contribution in [0.25, 0.3) is 5.76 Å². The summed E-state index contributed by atoms with van der Waals surface area (Å²) in [5.41, 5.74) is 3.76. The molecule has 188 valence electrons. The lowest BCUT2D eigenvalue weighted by atomic mass is 10.0. The van der Waals surface area contributed by atoms with Crippen LogP contribution in [0, 0.1) is 6.92 Å². The molecule has 1 aromatic carbocycles. The molecule has 1 N–H and O–H groups in total. The fourth-order valence-electron chi connectivity index (χ4n) is 3.09. The van der Waals surface area contributed by atoms with E-state index in [-0.39, 0.29) is 12.0 Å². The lowest BCUT2D eigenvalue weighted by molar-refractivity contribution is -0.124. The quantitative estimate of drug-likeness (QED) is 0.221. The van der Waals surface area contributed by atoms with Crippen LogP contribution >= 0.6 is 11.8 Å². The normalized spacial score (nSPS) is 14.9. The van der Waals surface area contributed by atoms with Crippen LogP contribution < -0.4 is 5.32 Å². The van der Waals surface area contributed by atoms with Crippen molar-refractivity contribution in [1.29, 1.82) is 0 Å². The first-order chi connectivity index (χ1) is 16.3. The number of benzene rings is 1. The summed E-state index contributed by atoms with van der Waals surface area (Å²) in [5.74, 6) is 0.541. The number of amides is 1. The third kappa shape index (κ3) is 9.92. The van der Waals surface area contributed by atoms with Gasteiger partial charge in [-0.2, -0.15) is 0 Å². The molecule has 0 aliphatic heterocycles. The second kappa shape index (κ2) is 16.4. The van der Waals surface area contributed by atoms with E-state index in [1.807, 2.05) is 52.0 Å². The van der Waals surface area contributed by atoms with E-state index >= 15 is 0 Å². The molecule has 0 spiro atoms. The van der Waals surface area contributed by atoms with E-state index in [9.17, 15) is 4.79 Å². The molecule has 0 aliphatic rings. The Bertz CT molecular complexity index is 902. The summed E-state index contributed by atoms with van der Waals surface area (Å²) in [5, 5.41) is 5.01. The third-order valence-electron chi connectivity index (χ3n) is 5.04. The molecule has 0 aromatic heterocycles. The Kier molecular flexibility index (Phi) is 14.3. The van der Waals surface area contributed by atoms with Gasteiger partial charge < -0.3 is 19.5 Å². The van der Waals surface area contributed by atoms with Gasteiger partial charge in [0.2, 0.25) is 0 Å². The molecule has 2 unspecified atom stereocenters. The minimum atomic E-state index is -0.540. The van der Waals surface area contributed by atoms with Gasteiger partial charge in [-0.05, 0) is 75.8 Å². The van der Waals surface area contributed by atoms with Crippen LogP contribution in [0.1, 0.15) is 58.6 Å². The van der Waals surface area contributed by atoms with Crippen molar-refractivity contribution in [2.24, 2.45) is 0 Å². The highest BCUT2D eigenvalue weighted by Gasteiger charge is 2.16. The first-order valence-corrected chi connectivity index (χ1v) is 12.7. The number of ether oxygens (including phenoxy) is 3. The van der Waals surface area contributed by atoms with Crippen LogP contribution in [0.5, 0.6) is 0 Å². The Hall–Kier alpha value is -2.28. The molecular weight excluding hydrogens is 446 g/mol. The zero-order chi connectivity index (χ0) is 25.5. The van der Waals surface area contributed by atoms with E-state index in [2.05, 4.69) is 35.9 Å². The number of hydrogen-bond acceptors (Lipinski definition) is 5. The molecule has 2 atom stereocenters. The number of unbranched alkanes of at least 4 members (excludes halogenated alkanes) is 1. The number of carbonyl (C=O) groups is 1. The Morgan fingerprint density at radius 1 is 1.21 bits per heavy atom. The summed E-state index contributed by atoms with van der Waals surface area (Å²) in [6, 6.07) is 5.83. The standard InChI is InChI=1S/C28H41NO4S/c1-9-12-13-23(27(11-3)34-16-10-2)17-26(33-21(5)19-31-7)25-18-24(15-14-20(25)4)29-28(30)22(6)32-8/h10-11,13-18,21-22H,9,12,19H2,1-8H3,(H,29,30)/b16-10-,23-13-,26-17+,27-11-. The molecular formula is C28H41NO4S. The summed E-state index contributed by atoms with van der Waals surface area (Å²) in [4.78, 5) is 13.5. The Morgan fingerprint density at radius 3 is 2.53 bits per heavy atom. The number of aryl methyl sites for hydroxylation is 1. The average Bonchev–Trinajstić information content (AvgIpc) is 2.82. The number of carbonyl (C=O) groups excluding carboxylic acids is 1. The Balaban J connectivity index is 3.57. The molecule has 1 aromatic rings. The maximum Gasteiger partial charge on any atom is 0.253 e. The predicted molar refractivity (Wildman–Crippen MR) is 146 cm³/mol. The molecule has 0 aliphatic carbocycles. The van der Waals surface area contributed by atoms with Gasteiger partial charge in [0.1, 0.15) is 18.0 Å². The molecule has 0 saturated heterocycles. The Labute approximate surface area is 210 Å². The smallest absolute Gasteiger partial charge is 0.253 e. The number of allylic oxidation sites excluding steroid dienone is 5. The molecule has 1 amide bonds. The summed E-state index contributed by atoms with van der Waals surface area (Å²) in [6.45, 7) is 12.4. The highest BCUT2D eigenvalue weighted by molar-refractivity contribution is 8.06. The van der Waals surface area contributed by atoms with Crippen molar-refractivity contribution in [3.05, 3.63) is 69.5 Å². The number of anilines is 1. The van der Waals surface area contributed by atoms with Gasteiger partial charge in [-0.1, -0.05) is 49.4 Å². The van der Waals surface area contributed by atoms with E-state index in [1.165, 1.54) is 7.11 Å². The Morgan fingerprint density at radius 2 is 1.94 bits per heavy atom. The van der Waals surface area contributed by atoms with Crippen molar-refractivity contribution in [1.82, 2.24) is 0 Å². The second-order valence-electron chi connectivity index (χ2n) is 7.98. The van der Waals surface area contributed by atoms with Crippen LogP contribution in [0.15, 0.2) is 58.4 Å². The van der Waals surface area contributed by atoms with Crippen LogP contribution in [0.2, 0.25) is 0 Å². The highest BCUT2D eigenvalue weighted by Crippen LogP contribution is 2.32. The fourth-order valence-corrected chi connectivity index (χ4v) is 3.79. The summed E-state index contributed by atoms with van der Waals surface area (Å²) >= 11 is 1.68. The number of methoxy groups -OCH3 is 2. The maximum absolute atomic E-state index is 12.4. The number of hydrogen-bond donors (Lipinski definition) is 1. The molecule has 5 nitrogen and oxygen atoms in total. The number of nitrogens with one attached hydrogen (secondary N) is 1. The molecule has 1 rings (SSSR count). The van der Waals surface area contributed by atoms with Gasteiger partial charge in [-0.15, -0.1) is 0 Å². The van der Waals surface area contributed by atoms with Gasteiger partial charge in [0.15, 0.2) is 0 Å². The summed E-state index contributed by atoms with van der Waals surface area (Å²) in [7, 11) is 3.19. The first kappa shape index (κ1) is 29.8. The van der Waals surface area contributed by atoms with Gasteiger partial charge >= 0.3 is 0 Å². The van der Waals surface area contributed by atoms with Gasteiger partial charge in [-0.25, -0.2) is 0 Å². The predicted octanol–water partition coefficient (Wildman–Crippen LogP) is 7.26. The van der Waals surface area contributed by atoms with Gasteiger partial charge in [-0.3, -0.25) is 4.79 Å². The number of rotatable bonds is 14. The van der Waals surface area contributed by atoms with Gasteiger partial charge in [0.25, 0.3) is 5.91 Å². The molecule has 34 heavy (non-hydrogen) atoms. The average molecular weight is 488 g/mol. The van der Waals surface area contributed by atoms with E-state index in [4.69, 9.17) is 14.2 Å². The van der Waals surface area contributed by atoms with Crippen molar-refractivity contribution < 1.29 is 19.0 Å². The lowest BCUT2D eigenvalue weighted by Crippen LogP contribution is -2.26. The highest BCUT2D eigenvalue weighted by atomic mass is 32.2. The van der Waals surface area contributed by atoms with E-state index in [1.54, 1.807) is 25.8 Å². The van der Waals surface area contributed by atoms with E-state index in [0.29, 0.717) is 12.3 Å². The minimum Gasteiger partial charge on any atom is -0.488 e. The first-order valence-electron chi connectivity index (χ1n) is 11.8. The molecule has 0 bridgehead atoms. The van der Waals surface area contributed by atoms with Crippen molar-refractivity contribution in [3.63, 3.8) is 0 Å². The van der Waals surface area contributed by atoms with Crippen molar-refractivity contribution in [2.75, 3.05) is 26.1 Å². The second-order valence-corrected chi connectivity index (χ2v) is 8.93. The minimum absolute atomic E-state index is 0.146. The molecule has 6 heteroatoms. The van der Waals surface area contributed by atoms with Crippen molar-refractivity contribution >= 4 is 29.1 Å². The van der Waals surface area contributed by atoms with E-state index in [0.717, 1.165) is 40.2 Å². The summed E-state index contributed by atoms with van der Waals surface area (Å²) in [6.07, 6.45) is 9.83. The largest absolute Gasteiger partial charge is 0.488 e. The van der Waals surface area contributed by atoms with Crippen LogP contribution in [-0.2, 0) is 19.0 Å². The maximum atomic E-state index is 12.4. The monoisotopic (exact) mass is 487 g/mol. The van der Waals surface area contributed by atoms with Crippen molar-refractivity contribution in [2.45, 2.75) is 66.6 Å². The van der Waals surface area contributed by atoms with E-state index < -0.39 is 6.10 Å². The van der Waals surface area contributed by atoms with Gasteiger partial charge in [0.05, 0.1) is 6.61 Å². The van der Waals surface area contributed by atoms with Crippen LogP contribution in [0.4, 0.5) is 5.69 Å². The molecule has 0 radical (unpaired) electrons.